The fourth-order valence-corrected chi connectivity index (χ4v) is 2.15. The van der Waals surface area contributed by atoms with Gasteiger partial charge in [-0.2, -0.15) is 0 Å². The van der Waals surface area contributed by atoms with Crippen LogP contribution in [0.2, 0.25) is 0 Å². The number of nitrogens with two attached hydrogens (primary N) is 1. The Morgan fingerprint density at radius 1 is 1.44 bits per heavy atom. The van der Waals surface area contributed by atoms with E-state index in [1.54, 1.807) is 12.2 Å². The summed E-state index contributed by atoms with van der Waals surface area (Å²) in [6, 6.07) is 0. The van der Waals surface area contributed by atoms with Crippen LogP contribution in [0.4, 0.5) is 0 Å². The molecule has 16 heavy (non-hydrogen) atoms. The molecule has 0 aromatic heterocycles. The standard InChI is InChI=1S/C13H21NO2/c1-3-8-16-12(14)9-11(2)13(10-15)6-4-5-7-13/h3,9,15H,1-2,4-8,10,14H2/b12-9-. The van der Waals surface area contributed by atoms with E-state index < -0.39 is 0 Å². The highest BCUT2D eigenvalue weighted by Gasteiger charge is 2.35. The molecule has 3 heteroatoms. The average Bonchev–Trinajstić information content (AvgIpc) is 2.76. The number of hydrogen-bond acceptors (Lipinski definition) is 3. The van der Waals surface area contributed by atoms with Crippen molar-refractivity contribution in [3.8, 4) is 0 Å². The van der Waals surface area contributed by atoms with Gasteiger partial charge in [-0.3, -0.25) is 0 Å². The summed E-state index contributed by atoms with van der Waals surface area (Å²) in [6.07, 6.45) is 7.61. The average molecular weight is 223 g/mol. The zero-order valence-electron chi connectivity index (χ0n) is 9.74. The fourth-order valence-electron chi connectivity index (χ4n) is 2.15. The van der Waals surface area contributed by atoms with Crippen LogP contribution in [0.3, 0.4) is 0 Å². The van der Waals surface area contributed by atoms with E-state index in [0.717, 1.165) is 31.3 Å². The third-order valence-corrected chi connectivity index (χ3v) is 3.23. The van der Waals surface area contributed by atoms with Crippen LogP contribution in [-0.4, -0.2) is 18.3 Å². The molecule has 0 bridgehead atoms. The smallest absolute Gasteiger partial charge is 0.184 e. The Balaban J connectivity index is 2.65. The molecule has 0 unspecified atom stereocenters. The van der Waals surface area contributed by atoms with Crippen LogP contribution in [0, 0.1) is 5.41 Å². The van der Waals surface area contributed by atoms with E-state index in [2.05, 4.69) is 13.2 Å². The SMILES string of the molecule is C=CCO/C(N)=C\C(=C)C1(CO)CCCC1. The van der Waals surface area contributed by atoms with Gasteiger partial charge in [-0.1, -0.05) is 32.1 Å². The number of aliphatic hydroxyl groups excluding tert-OH is 1. The van der Waals surface area contributed by atoms with Crippen LogP contribution in [0.25, 0.3) is 0 Å². The molecule has 90 valence electrons. The van der Waals surface area contributed by atoms with Crippen LogP contribution in [0.15, 0.2) is 36.8 Å². The number of hydrogen-bond donors (Lipinski definition) is 2. The van der Waals surface area contributed by atoms with E-state index in [1.165, 1.54) is 0 Å². The Morgan fingerprint density at radius 3 is 2.56 bits per heavy atom. The second kappa shape index (κ2) is 5.75. The van der Waals surface area contributed by atoms with Crippen molar-refractivity contribution in [2.24, 2.45) is 11.1 Å². The highest BCUT2D eigenvalue weighted by molar-refractivity contribution is 5.26. The summed E-state index contributed by atoms with van der Waals surface area (Å²) in [6.45, 7) is 8.08. The van der Waals surface area contributed by atoms with Gasteiger partial charge in [-0.15, -0.1) is 0 Å². The first kappa shape index (κ1) is 12.8. The first-order valence-electron chi connectivity index (χ1n) is 5.66. The van der Waals surface area contributed by atoms with Crippen LogP contribution in [-0.2, 0) is 4.74 Å². The first-order chi connectivity index (χ1) is 7.64. The molecule has 0 saturated heterocycles. The van der Waals surface area contributed by atoms with Gasteiger partial charge in [0.1, 0.15) is 6.61 Å². The van der Waals surface area contributed by atoms with E-state index in [0.29, 0.717) is 12.5 Å². The molecule has 3 N–H and O–H groups in total. The van der Waals surface area contributed by atoms with Gasteiger partial charge in [0, 0.05) is 11.5 Å². The lowest BCUT2D eigenvalue weighted by molar-refractivity contribution is 0.166. The maximum absolute atomic E-state index is 9.49. The van der Waals surface area contributed by atoms with E-state index in [-0.39, 0.29) is 12.0 Å². The Morgan fingerprint density at radius 2 is 2.06 bits per heavy atom. The summed E-state index contributed by atoms with van der Waals surface area (Å²) >= 11 is 0. The van der Waals surface area contributed by atoms with Crippen LogP contribution in [0.1, 0.15) is 25.7 Å². The number of aliphatic hydroxyl groups is 1. The van der Waals surface area contributed by atoms with Crippen molar-refractivity contribution >= 4 is 0 Å². The van der Waals surface area contributed by atoms with E-state index in [4.69, 9.17) is 10.5 Å². The minimum Gasteiger partial charge on any atom is -0.475 e. The lowest BCUT2D eigenvalue weighted by Gasteiger charge is -2.27. The molecule has 1 fully saturated rings. The third kappa shape index (κ3) is 2.89. The molecule has 1 aliphatic rings. The Kier molecular flexibility index (Phi) is 4.62. The largest absolute Gasteiger partial charge is 0.475 e. The van der Waals surface area contributed by atoms with Crippen molar-refractivity contribution < 1.29 is 9.84 Å². The molecule has 0 aromatic carbocycles. The summed E-state index contributed by atoms with van der Waals surface area (Å²) in [5, 5.41) is 9.49. The molecule has 3 nitrogen and oxygen atoms in total. The lowest BCUT2D eigenvalue weighted by atomic mass is 9.80. The summed E-state index contributed by atoms with van der Waals surface area (Å²) in [5.74, 6) is 0.338. The predicted molar refractivity (Wildman–Crippen MR) is 65.5 cm³/mol. The molecular formula is C13H21NO2. The molecule has 0 heterocycles. The molecule has 1 saturated carbocycles. The first-order valence-corrected chi connectivity index (χ1v) is 5.66. The minimum atomic E-state index is -0.178. The van der Waals surface area contributed by atoms with Crippen molar-refractivity contribution in [1.29, 1.82) is 0 Å². The van der Waals surface area contributed by atoms with Gasteiger partial charge in [0.2, 0.25) is 0 Å². The van der Waals surface area contributed by atoms with E-state index in [9.17, 15) is 5.11 Å². The molecule has 0 amide bonds. The Labute approximate surface area is 97.3 Å². The zero-order valence-corrected chi connectivity index (χ0v) is 9.74. The second-order valence-electron chi connectivity index (χ2n) is 4.32. The maximum atomic E-state index is 9.49. The number of allylic oxidation sites excluding steroid dienone is 1. The van der Waals surface area contributed by atoms with Crippen molar-refractivity contribution in [3.63, 3.8) is 0 Å². The van der Waals surface area contributed by atoms with Crippen molar-refractivity contribution in [2.75, 3.05) is 13.2 Å². The number of ether oxygens (including phenoxy) is 1. The van der Waals surface area contributed by atoms with Crippen molar-refractivity contribution in [3.05, 3.63) is 36.8 Å². The van der Waals surface area contributed by atoms with Gasteiger partial charge < -0.3 is 15.6 Å². The normalized spacial score (nSPS) is 19.4. The summed E-state index contributed by atoms with van der Waals surface area (Å²) < 4.78 is 5.19. The highest BCUT2D eigenvalue weighted by Crippen LogP contribution is 2.43. The van der Waals surface area contributed by atoms with Crippen molar-refractivity contribution in [2.45, 2.75) is 25.7 Å². The predicted octanol–water partition coefficient (Wildman–Crippen LogP) is 2.10. The lowest BCUT2D eigenvalue weighted by Crippen LogP contribution is -2.23. The zero-order chi connectivity index (χ0) is 12.0. The summed E-state index contributed by atoms with van der Waals surface area (Å²) in [7, 11) is 0. The van der Waals surface area contributed by atoms with Gasteiger partial charge in [-0.25, -0.2) is 0 Å². The van der Waals surface area contributed by atoms with Gasteiger partial charge in [0.05, 0.1) is 6.61 Å². The Hall–Kier alpha value is -1.22. The van der Waals surface area contributed by atoms with E-state index >= 15 is 0 Å². The topological polar surface area (TPSA) is 55.5 Å². The molecule has 1 aliphatic carbocycles. The van der Waals surface area contributed by atoms with Gasteiger partial charge in [0.25, 0.3) is 0 Å². The summed E-state index contributed by atoms with van der Waals surface area (Å²) in [4.78, 5) is 0. The fraction of sp³-hybridized carbons (Fsp3) is 0.538. The van der Waals surface area contributed by atoms with Crippen LogP contribution < -0.4 is 5.73 Å². The summed E-state index contributed by atoms with van der Waals surface area (Å²) in [5.41, 5.74) is 6.38. The molecule has 0 aromatic rings. The molecule has 0 aliphatic heterocycles. The minimum absolute atomic E-state index is 0.136. The molecule has 1 rings (SSSR count). The maximum Gasteiger partial charge on any atom is 0.184 e. The Bertz CT molecular complexity index is 288. The van der Waals surface area contributed by atoms with Gasteiger partial charge in [-0.05, 0) is 18.4 Å². The van der Waals surface area contributed by atoms with Crippen LogP contribution in [0.5, 0.6) is 0 Å². The highest BCUT2D eigenvalue weighted by atomic mass is 16.5. The quantitative estimate of drug-likeness (QED) is 0.412. The van der Waals surface area contributed by atoms with Gasteiger partial charge in [0.15, 0.2) is 5.88 Å². The molecule has 0 atom stereocenters. The van der Waals surface area contributed by atoms with Gasteiger partial charge >= 0.3 is 0 Å². The molecular weight excluding hydrogens is 202 g/mol. The van der Waals surface area contributed by atoms with Crippen molar-refractivity contribution in [1.82, 2.24) is 0 Å². The monoisotopic (exact) mass is 223 g/mol. The molecule has 0 radical (unpaired) electrons. The number of rotatable bonds is 6. The third-order valence-electron chi connectivity index (χ3n) is 3.23. The second-order valence-corrected chi connectivity index (χ2v) is 4.32. The van der Waals surface area contributed by atoms with Crippen LogP contribution >= 0.6 is 0 Å². The van der Waals surface area contributed by atoms with E-state index in [1.807, 2.05) is 0 Å². The molecule has 0 spiro atoms.